The Bertz CT molecular complexity index is 2600. The number of pyridine rings is 1. The molecule has 0 spiro atoms. The molecule has 0 unspecified atom stereocenters. The van der Waals surface area contributed by atoms with Crippen molar-refractivity contribution in [2.75, 3.05) is 20.6 Å². The van der Waals surface area contributed by atoms with Crippen molar-refractivity contribution in [3.8, 4) is 0 Å². The first-order valence-corrected chi connectivity index (χ1v) is 25.4. The smallest absolute Gasteiger partial charge is 0.246 e. The van der Waals surface area contributed by atoms with Crippen molar-refractivity contribution in [2.45, 2.75) is 161 Å². The van der Waals surface area contributed by atoms with Gasteiger partial charge in [0.25, 0.3) is 0 Å². The zero-order valence-electron chi connectivity index (χ0n) is 43.3. The summed E-state index contributed by atoms with van der Waals surface area (Å²) in [7, 11) is 3.05. The van der Waals surface area contributed by atoms with E-state index in [1.165, 1.54) is 35.7 Å². The van der Waals surface area contributed by atoms with Crippen LogP contribution in [0.25, 0.3) is 21.9 Å². The minimum Gasteiger partial charge on any atom is -0.346 e. The number of fused-ring (bicyclic) bond motifs is 4. The lowest BCUT2D eigenvalue weighted by atomic mass is 9.95. The van der Waals surface area contributed by atoms with Crippen LogP contribution in [0.1, 0.15) is 111 Å². The average Bonchev–Trinajstić information content (AvgIpc) is 3.93. The first kappa shape index (κ1) is 53.8. The lowest BCUT2D eigenvalue weighted by Gasteiger charge is -2.41. The van der Waals surface area contributed by atoms with Gasteiger partial charge in [0, 0.05) is 68.4 Å². The number of aromatic nitrogens is 3. The highest BCUT2D eigenvalue weighted by molar-refractivity contribution is 5.99. The Morgan fingerprint density at radius 2 is 1.37 bits per heavy atom. The first-order valence-electron chi connectivity index (χ1n) is 25.4. The molecule has 2 aliphatic rings. The summed E-state index contributed by atoms with van der Waals surface area (Å²) >= 11 is 0. The number of piperidine rings is 1. The van der Waals surface area contributed by atoms with Gasteiger partial charge in [-0.05, 0) is 94.0 Å². The van der Waals surface area contributed by atoms with Gasteiger partial charge in [-0.2, -0.15) is 0 Å². The van der Waals surface area contributed by atoms with Crippen molar-refractivity contribution in [2.24, 2.45) is 11.8 Å². The summed E-state index contributed by atoms with van der Waals surface area (Å²) in [6.45, 7) is 19.7. The van der Waals surface area contributed by atoms with Gasteiger partial charge < -0.3 is 45.5 Å². The number of amides is 7. The molecule has 2 fully saturated rings. The zero-order valence-corrected chi connectivity index (χ0v) is 43.3. The van der Waals surface area contributed by atoms with Crippen LogP contribution in [0.2, 0.25) is 0 Å². The number of H-pyrrole nitrogens is 1. The summed E-state index contributed by atoms with van der Waals surface area (Å²) in [5.41, 5.74) is 2.41. The van der Waals surface area contributed by atoms with Crippen LogP contribution >= 0.6 is 0 Å². The Morgan fingerprint density at radius 3 is 2.06 bits per heavy atom. The van der Waals surface area contributed by atoms with Gasteiger partial charge in [0.05, 0.1) is 5.54 Å². The van der Waals surface area contributed by atoms with E-state index in [1.807, 2.05) is 91.1 Å². The molecule has 1 aromatic carbocycles. The summed E-state index contributed by atoms with van der Waals surface area (Å²) in [4.78, 5) is 115. The molecule has 4 aromatic rings. The van der Waals surface area contributed by atoms with E-state index in [0.29, 0.717) is 43.3 Å². The SMILES string of the molecule is C=CC(C)(C)n1cc(C[C@@H]2NC(=O)[C@H](CCCC)NC(=O)[C@H](CC(C)C)N3CCC[C@@H](C3=O)N(C)C(=O)[C@H](C)NC(=O)[C@H](Cc3c[nH]c4ncccc34)NC(=O)[C@H](CC(C)C)N(C)C2=O)c2ccccc21. The van der Waals surface area contributed by atoms with Crippen molar-refractivity contribution >= 4 is 63.3 Å². The number of hydrogen-bond acceptors (Lipinski definition) is 8. The number of nitrogens with zero attached hydrogens (tertiary/aromatic N) is 5. The Kier molecular flexibility index (Phi) is 17.5. The largest absolute Gasteiger partial charge is 0.346 e. The fourth-order valence-electron chi connectivity index (χ4n) is 10.00. The molecule has 3 aromatic heterocycles. The normalized spacial score (nSPS) is 24.0. The summed E-state index contributed by atoms with van der Waals surface area (Å²) in [6.07, 6.45) is 10.1. The molecule has 2 saturated heterocycles. The maximum atomic E-state index is 15.4. The Balaban J connectivity index is 1.48. The molecule has 2 bridgehead atoms. The predicted molar refractivity (Wildman–Crippen MR) is 275 cm³/mol. The second-order valence-corrected chi connectivity index (χ2v) is 21.0. The van der Waals surface area contributed by atoms with Gasteiger partial charge in [-0.1, -0.05) is 71.7 Å². The number of rotatable bonds is 13. The number of carbonyl (C=O) groups excluding carboxylic acids is 7. The van der Waals surface area contributed by atoms with Crippen molar-refractivity contribution in [3.05, 3.63) is 78.8 Å². The molecule has 6 rings (SSSR count). The van der Waals surface area contributed by atoms with Gasteiger partial charge >= 0.3 is 0 Å². The van der Waals surface area contributed by atoms with E-state index in [0.717, 1.165) is 21.9 Å². The van der Waals surface area contributed by atoms with Gasteiger partial charge in [-0.25, -0.2) is 4.98 Å². The highest BCUT2D eigenvalue weighted by atomic mass is 16.2. The minimum absolute atomic E-state index is 0.00334. The van der Waals surface area contributed by atoms with Crippen LogP contribution in [0.5, 0.6) is 0 Å². The molecular weight excluding hydrogens is 901 g/mol. The number of benzene rings is 1. The average molecular weight is 977 g/mol. The molecule has 7 atom stereocenters. The summed E-state index contributed by atoms with van der Waals surface area (Å²) < 4.78 is 2.08. The van der Waals surface area contributed by atoms with Crippen LogP contribution in [-0.2, 0) is 51.9 Å². The third kappa shape index (κ3) is 12.3. The number of unbranched alkanes of at least 4 members (excludes halogenated alkanes) is 1. The third-order valence-electron chi connectivity index (χ3n) is 14.2. The summed E-state index contributed by atoms with van der Waals surface area (Å²) in [5.74, 6) is -3.98. The van der Waals surface area contributed by atoms with E-state index in [-0.39, 0.29) is 44.1 Å². The number of para-hydroxylation sites is 1. The second-order valence-electron chi connectivity index (χ2n) is 21.0. The highest BCUT2D eigenvalue weighted by Crippen LogP contribution is 2.30. The van der Waals surface area contributed by atoms with Gasteiger partial charge in [0.2, 0.25) is 41.4 Å². The monoisotopic (exact) mass is 977 g/mol. The lowest BCUT2D eigenvalue weighted by Crippen LogP contribution is -2.62. The standard InChI is InChI=1S/C54H76N10O7/c1-12-14-21-39-47(65)60-41(29-36-31-64(54(8,9)13-2)42-22-16-15-19-37(36)42)52(70)62(11)44(26-32(3)4)49(67)59-40(28-35-30-56-46-38(35)20-17-24-55-46)48(66)57-34(7)51(69)61(10)43-23-18-25-63(53(43)71)45(27-33(5)6)50(68)58-39/h13,15-17,19-20,22,24,30-34,39-41,43-45H,2,12,14,18,21,23,25-29H2,1,3-11H3,(H,55,56)(H,57,66)(H,58,68)(H,59,67)(H,60,65)/t34-,39-,40-,41-,43-,44-,45-/m0/s1. The minimum atomic E-state index is -1.23. The van der Waals surface area contributed by atoms with Crippen LogP contribution in [-0.4, -0.2) is 134 Å². The van der Waals surface area contributed by atoms with Gasteiger partial charge in [-0.3, -0.25) is 33.6 Å². The molecule has 71 heavy (non-hydrogen) atoms. The van der Waals surface area contributed by atoms with Crippen LogP contribution in [0.15, 0.2) is 67.6 Å². The molecule has 17 nitrogen and oxygen atoms in total. The Morgan fingerprint density at radius 1 is 0.746 bits per heavy atom. The second kappa shape index (κ2) is 23.1. The number of allylic oxidation sites excluding steroid dienone is 1. The van der Waals surface area contributed by atoms with Crippen molar-refractivity contribution in [3.63, 3.8) is 0 Å². The van der Waals surface area contributed by atoms with Crippen molar-refractivity contribution in [1.29, 1.82) is 0 Å². The zero-order chi connectivity index (χ0) is 51.9. The number of nitrogens with one attached hydrogen (secondary N) is 5. The Hall–Kier alpha value is -6.52. The van der Waals surface area contributed by atoms with E-state index in [1.54, 1.807) is 18.5 Å². The summed E-state index contributed by atoms with van der Waals surface area (Å²) in [5, 5.41) is 13.5. The van der Waals surface area contributed by atoms with Crippen LogP contribution in [0.3, 0.4) is 0 Å². The summed E-state index contributed by atoms with van der Waals surface area (Å²) in [6, 6.07) is 3.75. The molecule has 2 aliphatic heterocycles. The van der Waals surface area contributed by atoms with Gasteiger partial charge in [0.1, 0.15) is 47.9 Å². The maximum absolute atomic E-state index is 15.4. The lowest BCUT2D eigenvalue weighted by molar-refractivity contribution is -0.153. The van der Waals surface area contributed by atoms with E-state index in [4.69, 9.17) is 0 Å². The Labute approximate surface area is 418 Å². The molecular formula is C54H76N10O7. The van der Waals surface area contributed by atoms with E-state index in [9.17, 15) is 28.8 Å². The van der Waals surface area contributed by atoms with Crippen LogP contribution in [0.4, 0.5) is 0 Å². The van der Waals surface area contributed by atoms with E-state index in [2.05, 4.69) is 42.4 Å². The van der Waals surface area contributed by atoms with Crippen molar-refractivity contribution in [1.82, 2.24) is 50.5 Å². The van der Waals surface area contributed by atoms with Gasteiger partial charge in [0.15, 0.2) is 0 Å². The predicted octanol–water partition coefficient (Wildman–Crippen LogP) is 5.12. The van der Waals surface area contributed by atoms with Crippen LogP contribution < -0.4 is 21.3 Å². The first-order chi connectivity index (χ1) is 33.7. The molecule has 7 amide bonds. The van der Waals surface area contributed by atoms with Crippen molar-refractivity contribution < 1.29 is 33.6 Å². The topological polar surface area (TPSA) is 211 Å². The third-order valence-corrected chi connectivity index (χ3v) is 14.2. The molecule has 384 valence electrons. The van der Waals surface area contributed by atoms with Gasteiger partial charge in [-0.15, -0.1) is 6.58 Å². The molecule has 0 aliphatic carbocycles. The molecule has 5 heterocycles. The molecule has 0 radical (unpaired) electrons. The highest BCUT2D eigenvalue weighted by Gasteiger charge is 2.43. The number of likely N-dealkylation sites (N-methyl/N-ethyl adjacent to an activating group) is 2. The molecule has 0 saturated carbocycles. The molecule has 17 heteroatoms. The number of hydrogen-bond donors (Lipinski definition) is 5. The van der Waals surface area contributed by atoms with E-state index >= 15 is 4.79 Å². The van der Waals surface area contributed by atoms with Crippen LogP contribution in [0, 0.1) is 11.8 Å². The fraction of sp³-hybridized carbons (Fsp3) is 0.556. The fourth-order valence-corrected chi connectivity index (χ4v) is 10.00. The molecule has 5 N–H and O–H groups in total. The number of carbonyl (C=O) groups is 7. The van der Waals surface area contributed by atoms with E-state index < -0.39 is 89.2 Å². The number of aromatic amines is 1. The quantitative estimate of drug-likeness (QED) is 0.113. The maximum Gasteiger partial charge on any atom is 0.246 e.